The summed E-state index contributed by atoms with van der Waals surface area (Å²) in [6.45, 7) is 0.555. The molecule has 5 atom stereocenters. The van der Waals surface area contributed by atoms with Crippen LogP contribution in [0.5, 0.6) is 0 Å². The Hall–Kier alpha value is -2.54. The number of hydrogen-bond acceptors (Lipinski definition) is 9. The summed E-state index contributed by atoms with van der Waals surface area (Å²) in [6, 6.07) is -1.92. The molecule has 1 amide bonds. The summed E-state index contributed by atoms with van der Waals surface area (Å²) < 4.78 is 11.7. The first kappa shape index (κ1) is 20.8. The van der Waals surface area contributed by atoms with Crippen LogP contribution < -0.4 is 5.32 Å². The SMILES string of the molecule is COCc1cnnn1[C@H]1C=C(C(=O)O)O[C@@H]([C@H](O)C(O)CO)[C@@H]1NC(C)=O. The maximum Gasteiger partial charge on any atom is 0.370 e. The lowest BCUT2D eigenvalue weighted by molar-refractivity contribution is -0.147. The standard InChI is InChI=1S/C15H22N4O8/c1-7(21)17-12-9(19-8(6-26-2)4-16-18-19)3-11(15(24)25)27-14(12)13(23)10(22)5-20/h3-4,9-10,12-14,20,22-23H,5-6H2,1-2H3,(H,17,21)(H,24,25)/t9-,10?,12+,13+,14+/m0/s1. The number of methoxy groups -OCH3 is 1. The summed E-state index contributed by atoms with van der Waals surface area (Å²) in [5.41, 5.74) is 0.483. The zero-order valence-electron chi connectivity index (χ0n) is 14.7. The molecule has 0 aromatic carbocycles. The minimum atomic E-state index is -1.69. The quantitative estimate of drug-likeness (QED) is 0.322. The zero-order valence-corrected chi connectivity index (χ0v) is 14.7. The maximum absolute atomic E-state index is 11.7. The Morgan fingerprint density at radius 2 is 2.15 bits per heavy atom. The predicted molar refractivity (Wildman–Crippen MR) is 87.1 cm³/mol. The number of nitrogens with one attached hydrogen (secondary N) is 1. The first-order chi connectivity index (χ1) is 12.8. The van der Waals surface area contributed by atoms with Gasteiger partial charge in [-0.2, -0.15) is 0 Å². The lowest BCUT2D eigenvalue weighted by atomic mass is 9.92. The van der Waals surface area contributed by atoms with Crippen molar-refractivity contribution in [3.05, 3.63) is 23.7 Å². The summed E-state index contributed by atoms with van der Waals surface area (Å²) in [7, 11) is 1.45. The lowest BCUT2D eigenvalue weighted by Crippen LogP contribution is -2.58. The normalized spacial score (nSPS) is 24.5. The Bertz CT molecular complexity index is 706. The summed E-state index contributed by atoms with van der Waals surface area (Å²) in [6.07, 6.45) is -2.06. The van der Waals surface area contributed by atoms with Crippen LogP contribution >= 0.6 is 0 Å². The number of aliphatic hydroxyl groups is 3. The van der Waals surface area contributed by atoms with E-state index in [0.29, 0.717) is 5.69 Å². The number of carboxylic acids is 1. The van der Waals surface area contributed by atoms with Crippen molar-refractivity contribution >= 4 is 11.9 Å². The number of amides is 1. The van der Waals surface area contributed by atoms with Crippen LogP contribution in [0.2, 0.25) is 0 Å². The third kappa shape index (κ3) is 4.60. The van der Waals surface area contributed by atoms with Crippen LogP contribution in [0.1, 0.15) is 18.7 Å². The van der Waals surface area contributed by atoms with Gasteiger partial charge in [-0.1, -0.05) is 5.21 Å². The average Bonchev–Trinajstić information content (AvgIpc) is 3.08. The number of aromatic nitrogens is 3. The molecule has 0 aliphatic carbocycles. The molecule has 27 heavy (non-hydrogen) atoms. The molecule has 0 bridgehead atoms. The van der Waals surface area contributed by atoms with Crippen molar-refractivity contribution in [2.75, 3.05) is 13.7 Å². The highest BCUT2D eigenvalue weighted by Gasteiger charge is 2.45. The smallest absolute Gasteiger partial charge is 0.370 e. The van der Waals surface area contributed by atoms with Gasteiger partial charge in [0.2, 0.25) is 11.7 Å². The van der Waals surface area contributed by atoms with E-state index >= 15 is 0 Å². The molecule has 0 radical (unpaired) electrons. The Morgan fingerprint density at radius 3 is 2.70 bits per heavy atom. The molecule has 1 aliphatic rings. The van der Waals surface area contributed by atoms with Crippen LogP contribution in [0.15, 0.2) is 18.0 Å². The molecule has 0 spiro atoms. The first-order valence-electron chi connectivity index (χ1n) is 8.04. The molecule has 1 unspecified atom stereocenters. The number of carbonyl (C=O) groups excluding carboxylic acids is 1. The number of aliphatic hydroxyl groups excluding tert-OH is 3. The van der Waals surface area contributed by atoms with E-state index in [1.807, 2.05) is 0 Å². The van der Waals surface area contributed by atoms with Gasteiger partial charge in [0.05, 0.1) is 31.1 Å². The molecular formula is C15H22N4O8. The van der Waals surface area contributed by atoms with Crippen molar-refractivity contribution in [2.45, 2.75) is 43.9 Å². The molecular weight excluding hydrogens is 364 g/mol. The number of carboxylic acid groups (broad SMARTS) is 1. The second kappa shape index (κ2) is 8.90. The van der Waals surface area contributed by atoms with E-state index in [9.17, 15) is 24.9 Å². The molecule has 12 heteroatoms. The summed E-state index contributed by atoms with van der Waals surface area (Å²) in [4.78, 5) is 23.2. The van der Waals surface area contributed by atoms with Crippen molar-refractivity contribution in [1.82, 2.24) is 20.3 Å². The van der Waals surface area contributed by atoms with Crippen molar-refractivity contribution in [3.8, 4) is 0 Å². The van der Waals surface area contributed by atoms with E-state index in [-0.39, 0.29) is 6.61 Å². The minimum Gasteiger partial charge on any atom is -0.478 e. The molecule has 0 saturated heterocycles. The molecule has 0 fully saturated rings. The predicted octanol–water partition coefficient (Wildman–Crippen LogP) is -2.45. The van der Waals surface area contributed by atoms with Gasteiger partial charge in [0, 0.05) is 14.0 Å². The number of ether oxygens (including phenoxy) is 2. The van der Waals surface area contributed by atoms with E-state index in [2.05, 4.69) is 15.6 Å². The monoisotopic (exact) mass is 386 g/mol. The second-order valence-electron chi connectivity index (χ2n) is 5.98. The van der Waals surface area contributed by atoms with E-state index < -0.39 is 54.6 Å². The molecule has 0 saturated carbocycles. The summed E-state index contributed by atoms with van der Waals surface area (Å²) in [5, 5.41) is 48.9. The highest BCUT2D eigenvalue weighted by molar-refractivity contribution is 5.84. The third-order valence-corrected chi connectivity index (χ3v) is 4.03. The highest BCUT2D eigenvalue weighted by atomic mass is 16.5. The van der Waals surface area contributed by atoms with Crippen LogP contribution in [-0.2, 0) is 25.7 Å². The Kier molecular flexibility index (Phi) is 6.85. The van der Waals surface area contributed by atoms with Crippen LogP contribution in [0.4, 0.5) is 0 Å². The number of rotatable bonds is 8. The Balaban J connectivity index is 2.53. The number of nitrogens with zero attached hydrogens (tertiary/aromatic N) is 3. The number of aliphatic carboxylic acids is 1. The van der Waals surface area contributed by atoms with Crippen molar-refractivity contribution in [2.24, 2.45) is 0 Å². The van der Waals surface area contributed by atoms with Gasteiger partial charge in [-0.3, -0.25) is 4.79 Å². The van der Waals surface area contributed by atoms with Crippen molar-refractivity contribution < 1.29 is 39.5 Å². The van der Waals surface area contributed by atoms with E-state index in [1.54, 1.807) is 0 Å². The summed E-state index contributed by atoms with van der Waals surface area (Å²) >= 11 is 0. The topological polar surface area (TPSA) is 176 Å². The maximum atomic E-state index is 11.7. The zero-order chi connectivity index (χ0) is 20.1. The van der Waals surface area contributed by atoms with Gasteiger partial charge in [0.15, 0.2) is 0 Å². The summed E-state index contributed by atoms with van der Waals surface area (Å²) in [5.74, 6) is -2.40. The molecule has 2 rings (SSSR count). The van der Waals surface area contributed by atoms with Gasteiger partial charge in [0.25, 0.3) is 0 Å². The molecule has 5 N–H and O–H groups in total. The third-order valence-electron chi connectivity index (χ3n) is 4.03. The highest BCUT2D eigenvalue weighted by Crippen LogP contribution is 2.30. The Labute approximate surface area is 154 Å². The number of hydrogen-bond donors (Lipinski definition) is 5. The average molecular weight is 386 g/mol. The second-order valence-corrected chi connectivity index (χ2v) is 5.98. The van der Waals surface area contributed by atoms with Gasteiger partial charge < -0.3 is 35.2 Å². The fourth-order valence-electron chi connectivity index (χ4n) is 2.84. The molecule has 1 aliphatic heterocycles. The molecule has 1 aromatic rings. The van der Waals surface area contributed by atoms with Crippen LogP contribution in [0, 0.1) is 0 Å². The van der Waals surface area contributed by atoms with E-state index in [4.69, 9.17) is 14.6 Å². The van der Waals surface area contributed by atoms with Gasteiger partial charge in [-0.15, -0.1) is 5.10 Å². The van der Waals surface area contributed by atoms with Gasteiger partial charge in [0.1, 0.15) is 24.4 Å². The lowest BCUT2D eigenvalue weighted by Gasteiger charge is -2.40. The van der Waals surface area contributed by atoms with Crippen LogP contribution in [-0.4, -0.2) is 85.4 Å². The first-order valence-corrected chi connectivity index (χ1v) is 8.04. The molecule has 150 valence electrons. The van der Waals surface area contributed by atoms with Gasteiger partial charge in [-0.05, 0) is 6.08 Å². The molecule has 1 aromatic heterocycles. The molecule has 12 nitrogen and oxygen atoms in total. The van der Waals surface area contributed by atoms with Gasteiger partial charge in [-0.25, -0.2) is 9.48 Å². The fraction of sp³-hybridized carbons (Fsp3) is 0.600. The largest absolute Gasteiger partial charge is 0.478 e. The molecule has 2 heterocycles. The van der Waals surface area contributed by atoms with E-state index in [0.717, 1.165) is 0 Å². The van der Waals surface area contributed by atoms with E-state index in [1.165, 1.54) is 31.0 Å². The number of carbonyl (C=O) groups is 2. The van der Waals surface area contributed by atoms with Crippen molar-refractivity contribution in [1.29, 1.82) is 0 Å². The minimum absolute atomic E-state index is 0.111. The fourth-order valence-corrected chi connectivity index (χ4v) is 2.84. The van der Waals surface area contributed by atoms with Crippen LogP contribution in [0.25, 0.3) is 0 Å². The Morgan fingerprint density at radius 1 is 1.44 bits per heavy atom. The van der Waals surface area contributed by atoms with Gasteiger partial charge >= 0.3 is 5.97 Å². The van der Waals surface area contributed by atoms with Crippen LogP contribution in [0.3, 0.4) is 0 Å². The van der Waals surface area contributed by atoms with Crippen molar-refractivity contribution in [3.63, 3.8) is 0 Å².